The van der Waals surface area contributed by atoms with Gasteiger partial charge in [-0.2, -0.15) is 5.10 Å². The van der Waals surface area contributed by atoms with Crippen molar-refractivity contribution in [3.63, 3.8) is 0 Å². The van der Waals surface area contributed by atoms with Crippen molar-refractivity contribution in [2.45, 2.75) is 19.6 Å². The molecule has 1 aromatic heterocycles. The molecule has 0 bridgehead atoms. The number of benzene rings is 1. The molecular weight excluding hydrogens is 291 g/mol. The highest BCUT2D eigenvalue weighted by Crippen LogP contribution is 2.09. The number of alkyl halides is 1. The van der Waals surface area contributed by atoms with Crippen molar-refractivity contribution < 1.29 is 13.2 Å². The van der Waals surface area contributed by atoms with Crippen LogP contribution in [0.1, 0.15) is 11.1 Å². The predicted molar refractivity (Wildman–Crippen MR) is 72.4 cm³/mol. The Bertz CT molecular complexity index is 545. The molecule has 0 unspecified atom stereocenters. The lowest BCUT2D eigenvalue weighted by Crippen LogP contribution is -2.13. The molecule has 1 aromatic carbocycles. The van der Waals surface area contributed by atoms with Crippen molar-refractivity contribution in [3.8, 4) is 0 Å². The number of rotatable bonds is 6. The van der Waals surface area contributed by atoms with Gasteiger partial charge in [-0.1, -0.05) is 0 Å². The van der Waals surface area contributed by atoms with Gasteiger partial charge in [0.05, 0.1) is 12.7 Å². The number of nitrogens with zero attached hydrogens (tertiary/aromatic N) is 2. The summed E-state index contributed by atoms with van der Waals surface area (Å²) in [5.74, 6) is -0.906. The van der Waals surface area contributed by atoms with E-state index < -0.39 is 18.3 Å². The molecular formula is C13H15ClF3N3. The van der Waals surface area contributed by atoms with E-state index >= 15 is 0 Å². The second kappa shape index (κ2) is 7.91. The topological polar surface area (TPSA) is 29.9 Å². The Hall–Kier alpha value is -1.53. The third-order valence-electron chi connectivity index (χ3n) is 2.65. The number of aryl methyl sites for hydroxylation is 1. The van der Waals surface area contributed by atoms with Crippen LogP contribution in [0.25, 0.3) is 0 Å². The minimum Gasteiger partial charge on any atom is -0.308 e. The first kappa shape index (κ1) is 16.5. The van der Waals surface area contributed by atoms with Crippen molar-refractivity contribution in [2.75, 3.05) is 6.67 Å². The van der Waals surface area contributed by atoms with Gasteiger partial charge in [0.15, 0.2) is 0 Å². The van der Waals surface area contributed by atoms with E-state index in [1.54, 1.807) is 12.4 Å². The summed E-state index contributed by atoms with van der Waals surface area (Å²) in [5, 5.41) is 6.95. The van der Waals surface area contributed by atoms with Crippen LogP contribution in [0.3, 0.4) is 0 Å². The lowest BCUT2D eigenvalue weighted by Gasteiger charge is -2.05. The second-order valence-corrected chi connectivity index (χ2v) is 4.14. The molecule has 2 aromatic rings. The molecule has 0 fully saturated rings. The third kappa shape index (κ3) is 4.54. The fourth-order valence-electron chi connectivity index (χ4n) is 1.73. The van der Waals surface area contributed by atoms with Gasteiger partial charge in [0.25, 0.3) is 0 Å². The predicted octanol–water partition coefficient (Wildman–Crippen LogP) is 2.84. The molecule has 1 heterocycles. The zero-order valence-corrected chi connectivity index (χ0v) is 11.5. The van der Waals surface area contributed by atoms with Gasteiger partial charge in [0.1, 0.15) is 18.3 Å². The molecule has 1 N–H and O–H groups in total. The van der Waals surface area contributed by atoms with Gasteiger partial charge in [-0.15, -0.1) is 12.4 Å². The van der Waals surface area contributed by atoms with Crippen LogP contribution in [0.5, 0.6) is 0 Å². The van der Waals surface area contributed by atoms with Crippen LogP contribution < -0.4 is 5.32 Å². The van der Waals surface area contributed by atoms with Gasteiger partial charge in [0, 0.05) is 30.4 Å². The Balaban J connectivity index is 0.00000200. The molecule has 7 heteroatoms. The maximum absolute atomic E-state index is 13.3. The Labute approximate surface area is 121 Å². The Kier molecular flexibility index (Phi) is 6.54. The first-order valence-corrected chi connectivity index (χ1v) is 5.91. The first-order chi connectivity index (χ1) is 9.19. The second-order valence-electron chi connectivity index (χ2n) is 4.14. The first-order valence-electron chi connectivity index (χ1n) is 5.91. The summed E-state index contributed by atoms with van der Waals surface area (Å²) < 4.78 is 39.9. The van der Waals surface area contributed by atoms with E-state index in [9.17, 15) is 13.2 Å². The zero-order valence-electron chi connectivity index (χ0n) is 10.7. The zero-order chi connectivity index (χ0) is 13.7. The van der Waals surface area contributed by atoms with Gasteiger partial charge in [-0.25, -0.2) is 13.2 Å². The summed E-state index contributed by atoms with van der Waals surface area (Å²) in [4.78, 5) is 0. The van der Waals surface area contributed by atoms with Crippen molar-refractivity contribution in [1.29, 1.82) is 0 Å². The average Bonchev–Trinajstić information content (AvgIpc) is 2.82. The molecule has 20 heavy (non-hydrogen) atoms. The normalized spacial score (nSPS) is 10.3. The third-order valence-corrected chi connectivity index (χ3v) is 2.65. The molecule has 2 rings (SSSR count). The maximum Gasteiger partial charge on any atom is 0.127 e. The Morgan fingerprint density at radius 1 is 1.20 bits per heavy atom. The number of aromatic nitrogens is 2. The molecule has 0 spiro atoms. The monoisotopic (exact) mass is 305 g/mol. The van der Waals surface area contributed by atoms with E-state index in [4.69, 9.17) is 0 Å². The van der Waals surface area contributed by atoms with Crippen LogP contribution in [0.4, 0.5) is 13.2 Å². The van der Waals surface area contributed by atoms with E-state index in [1.807, 2.05) is 0 Å². The summed E-state index contributed by atoms with van der Waals surface area (Å²) >= 11 is 0. The highest BCUT2D eigenvalue weighted by atomic mass is 35.5. The molecule has 0 amide bonds. The summed E-state index contributed by atoms with van der Waals surface area (Å²) in [6, 6.07) is 3.35. The number of halogens is 4. The smallest absolute Gasteiger partial charge is 0.127 e. The van der Waals surface area contributed by atoms with Gasteiger partial charge in [-0.3, -0.25) is 4.68 Å². The van der Waals surface area contributed by atoms with Crippen LogP contribution in [-0.2, 0) is 19.6 Å². The van der Waals surface area contributed by atoms with E-state index in [0.717, 1.165) is 23.8 Å². The van der Waals surface area contributed by atoms with E-state index in [0.29, 0.717) is 6.54 Å². The van der Waals surface area contributed by atoms with Crippen molar-refractivity contribution in [3.05, 3.63) is 53.4 Å². The summed E-state index contributed by atoms with van der Waals surface area (Å²) in [5.41, 5.74) is 1.14. The van der Waals surface area contributed by atoms with Crippen LogP contribution in [-0.4, -0.2) is 16.5 Å². The van der Waals surface area contributed by atoms with Crippen LogP contribution in [0.15, 0.2) is 30.6 Å². The molecule has 0 aliphatic carbocycles. The van der Waals surface area contributed by atoms with Gasteiger partial charge in [-0.05, 0) is 18.2 Å². The number of nitrogens with one attached hydrogen (secondary N) is 1. The van der Waals surface area contributed by atoms with Crippen LogP contribution >= 0.6 is 12.4 Å². The Morgan fingerprint density at radius 2 is 2.00 bits per heavy atom. The van der Waals surface area contributed by atoms with Crippen LogP contribution in [0, 0.1) is 11.6 Å². The fourth-order valence-corrected chi connectivity index (χ4v) is 1.73. The molecule has 0 saturated heterocycles. The highest BCUT2D eigenvalue weighted by Gasteiger charge is 2.04. The molecule has 0 radical (unpaired) electrons. The summed E-state index contributed by atoms with van der Waals surface area (Å²) in [6.45, 7) is 0.432. The van der Waals surface area contributed by atoms with Crippen molar-refractivity contribution in [2.24, 2.45) is 0 Å². The molecule has 110 valence electrons. The van der Waals surface area contributed by atoms with Crippen LogP contribution in [0.2, 0.25) is 0 Å². The lowest BCUT2D eigenvalue weighted by atomic mass is 10.2. The minimum absolute atomic E-state index is 0. The maximum atomic E-state index is 13.3. The molecule has 0 aliphatic rings. The number of hydrogen-bond donors (Lipinski definition) is 1. The molecule has 3 nitrogen and oxygen atoms in total. The largest absolute Gasteiger partial charge is 0.308 e. The number of hydrogen-bond acceptors (Lipinski definition) is 2. The molecule has 0 aliphatic heterocycles. The molecule has 0 atom stereocenters. The van der Waals surface area contributed by atoms with E-state index in [-0.39, 0.29) is 31.1 Å². The standard InChI is InChI=1S/C13H14F3N3.ClH/c14-3-4-19-9-10(7-18-19)6-17-8-11-5-12(15)1-2-13(11)16;/h1-2,5,7,9,17H,3-4,6,8H2;1H. The van der Waals surface area contributed by atoms with Crippen molar-refractivity contribution >= 4 is 12.4 Å². The molecule has 0 saturated carbocycles. The average molecular weight is 306 g/mol. The van der Waals surface area contributed by atoms with Gasteiger partial charge in [0.2, 0.25) is 0 Å². The van der Waals surface area contributed by atoms with Crippen molar-refractivity contribution in [1.82, 2.24) is 15.1 Å². The van der Waals surface area contributed by atoms with Gasteiger partial charge < -0.3 is 5.32 Å². The minimum atomic E-state index is -0.469. The van der Waals surface area contributed by atoms with E-state index in [1.165, 1.54) is 4.68 Å². The summed E-state index contributed by atoms with van der Waals surface area (Å²) in [6.07, 6.45) is 3.33. The quantitative estimate of drug-likeness (QED) is 0.889. The van der Waals surface area contributed by atoms with E-state index in [2.05, 4.69) is 10.4 Å². The highest BCUT2D eigenvalue weighted by molar-refractivity contribution is 5.85. The summed E-state index contributed by atoms with van der Waals surface area (Å²) in [7, 11) is 0. The van der Waals surface area contributed by atoms with Gasteiger partial charge >= 0.3 is 0 Å². The lowest BCUT2D eigenvalue weighted by molar-refractivity contribution is 0.427. The fraction of sp³-hybridized carbons (Fsp3) is 0.308. The Morgan fingerprint density at radius 3 is 2.75 bits per heavy atom. The SMILES string of the molecule is Cl.FCCn1cc(CNCc2cc(F)ccc2F)cn1.